The smallest absolute Gasteiger partial charge is 0.176 e. The molecule has 128 valence electrons. The van der Waals surface area contributed by atoms with Gasteiger partial charge in [0, 0.05) is 6.54 Å². The third kappa shape index (κ3) is 5.72. The molecule has 2 atom stereocenters. The number of hydrogen-bond donors (Lipinski definition) is 3. The maximum atomic E-state index is 9.94. The van der Waals surface area contributed by atoms with E-state index in [1.807, 2.05) is 42.5 Å². The molecule has 0 bridgehead atoms. The molecule has 2 rings (SSSR count). The summed E-state index contributed by atoms with van der Waals surface area (Å²) in [5, 5.41) is 22.5. The number of hydrogen-bond acceptors (Lipinski definition) is 4. The molecule has 0 aromatic heterocycles. The maximum absolute atomic E-state index is 9.94. The largest absolute Gasteiger partial charge is 0.508 e. The molecule has 4 heteroatoms. The molecule has 0 aliphatic carbocycles. The lowest BCUT2D eigenvalue weighted by Crippen LogP contribution is -2.43. The maximum Gasteiger partial charge on any atom is 0.176 e. The van der Waals surface area contributed by atoms with E-state index in [-0.39, 0.29) is 5.75 Å². The van der Waals surface area contributed by atoms with Gasteiger partial charge in [-0.15, -0.1) is 6.58 Å². The van der Waals surface area contributed by atoms with Gasteiger partial charge in [0.15, 0.2) is 6.23 Å². The average Bonchev–Trinajstić information content (AvgIpc) is 2.56. The molecule has 0 radical (unpaired) electrons. The number of allylic oxidation sites excluding steroid dienone is 1. The first kappa shape index (κ1) is 18.0. The fourth-order valence-electron chi connectivity index (χ4n) is 2.39. The SMILES string of the molecule is C=CCc1cccc(OC(NCCc2ccc(O)cc2)C(C)O)c1. The van der Waals surface area contributed by atoms with Gasteiger partial charge in [0.25, 0.3) is 0 Å². The van der Waals surface area contributed by atoms with E-state index in [4.69, 9.17) is 4.74 Å². The van der Waals surface area contributed by atoms with Gasteiger partial charge in [-0.1, -0.05) is 30.3 Å². The molecule has 0 aliphatic heterocycles. The first-order valence-corrected chi connectivity index (χ1v) is 8.14. The molecule has 4 nitrogen and oxygen atoms in total. The van der Waals surface area contributed by atoms with Crippen LogP contribution in [0.2, 0.25) is 0 Å². The number of phenols is 1. The standard InChI is InChI=1S/C20H25NO3/c1-3-5-17-6-4-7-19(14-17)24-20(15(2)22)21-13-12-16-8-10-18(23)11-9-16/h3-4,6-11,14-15,20-23H,1,5,12-13H2,2H3. The van der Waals surface area contributed by atoms with Gasteiger partial charge in [0.05, 0.1) is 0 Å². The lowest BCUT2D eigenvalue weighted by atomic mass is 10.1. The van der Waals surface area contributed by atoms with Crippen LogP contribution in [0.25, 0.3) is 0 Å². The van der Waals surface area contributed by atoms with Crippen molar-refractivity contribution in [2.24, 2.45) is 0 Å². The molecule has 0 saturated heterocycles. The Bertz CT molecular complexity index is 638. The van der Waals surface area contributed by atoms with Crippen molar-refractivity contribution < 1.29 is 14.9 Å². The van der Waals surface area contributed by atoms with Crippen LogP contribution < -0.4 is 10.1 Å². The third-order valence-corrected chi connectivity index (χ3v) is 3.68. The molecule has 0 aliphatic rings. The molecule has 0 saturated carbocycles. The molecule has 0 amide bonds. The highest BCUT2D eigenvalue weighted by Crippen LogP contribution is 2.16. The summed E-state index contributed by atoms with van der Waals surface area (Å²) in [4.78, 5) is 0. The predicted molar refractivity (Wildman–Crippen MR) is 96.3 cm³/mol. The number of phenolic OH excluding ortho intramolecular Hbond substituents is 1. The first-order valence-electron chi connectivity index (χ1n) is 8.14. The summed E-state index contributed by atoms with van der Waals surface area (Å²) in [6.45, 7) is 6.10. The van der Waals surface area contributed by atoms with Gasteiger partial charge in [-0.3, -0.25) is 5.32 Å². The molecular weight excluding hydrogens is 302 g/mol. The van der Waals surface area contributed by atoms with Crippen LogP contribution in [0.1, 0.15) is 18.1 Å². The number of rotatable bonds is 9. The number of ether oxygens (including phenoxy) is 1. The molecule has 0 spiro atoms. The zero-order valence-electron chi connectivity index (χ0n) is 14.0. The Morgan fingerprint density at radius 3 is 2.58 bits per heavy atom. The molecule has 3 N–H and O–H groups in total. The first-order chi connectivity index (χ1) is 11.6. The van der Waals surface area contributed by atoms with E-state index in [2.05, 4.69) is 11.9 Å². The number of aliphatic hydroxyl groups excluding tert-OH is 1. The molecule has 0 fully saturated rings. The average molecular weight is 327 g/mol. The zero-order valence-corrected chi connectivity index (χ0v) is 14.0. The van der Waals surface area contributed by atoms with Crippen LogP contribution in [-0.4, -0.2) is 29.1 Å². The minimum absolute atomic E-state index is 0.260. The molecule has 2 aromatic rings. The Labute approximate surface area is 143 Å². The number of aliphatic hydroxyl groups is 1. The van der Waals surface area contributed by atoms with E-state index in [9.17, 15) is 10.2 Å². The van der Waals surface area contributed by atoms with E-state index in [1.54, 1.807) is 19.1 Å². The zero-order chi connectivity index (χ0) is 17.4. The normalized spacial score (nSPS) is 13.2. The van der Waals surface area contributed by atoms with Crippen LogP contribution in [0.4, 0.5) is 0 Å². The summed E-state index contributed by atoms with van der Waals surface area (Å²) < 4.78 is 5.88. The van der Waals surface area contributed by atoms with Crippen LogP contribution >= 0.6 is 0 Å². The van der Waals surface area contributed by atoms with Crippen molar-refractivity contribution in [3.8, 4) is 11.5 Å². The summed E-state index contributed by atoms with van der Waals surface area (Å²) in [6, 6.07) is 14.9. The van der Waals surface area contributed by atoms with Crippen molar-refractivity contribution in [1.82, 2.24) is 5.32 Å². The second-order valence-corrected chi connectivity index (χ2v) is 5.79. The minimum atomic E-state index is -0.645. The summed E-state index contributed by atoms with van der Waals surface area (Å²) in [5.41, 5.74) is 2.23. The lowest BCUT2D eigenvalue weighted by molar-refractivity contribution is 0.0274. The van der Waals surface area contributed by atoms with Gasteiger partial charge < -0.3 is 14.9 Å². The highest BCUT2D eigenvalue weighted by molar-refractivity contribution is 5.30. The van der Waals surface area contributed by atoms with Crippen molar-refractivity contribution in [2.75, 3.05) is 6.54 Å². The molecular formula is C20H25NO3. The van der Waals surface area contributed by atoms with E-state index in [0.29, 0.717) is 6.54 Å². The van der Waals surface area contributed by atoms with Crippen LogP contribution in [0.15, 0.2) is 61.2 Å². The lowest BCUT2D eigenvalue weighted by Gasteiger charge is -2.23. The number of aromatic hydroxyl groups is 1. The fraction of sp³-hybridized carbons (Fsp3) is 0.300. The molecule has 0 heterocycles. The van der Waals surface area contributed by atoms with E-state index >= 15 is 0 Å². The minimum Gasteiger partial charge on any atom is -0.508 e. The van der Waals surface area contributed by atoms with Gasteiger partial charge in [0.1, 0.15) is 17.6 Å². The Morgan fingerprint density at radius 1 is 1.17 bits per heavy atom. The molecule has 2 unspecified atom stereocenters. The third-order valence-electron chi connectivity index (χ3n) is 3.68. The Kier molecular flexibility index (Phi) is 6.85. The summed E-state index contributed by atoms with van der Waals surface area (Å²) in [7, 11) is 0. The van der Waals surface area contributed by atoms with Crippen molar-refractivity contribution in [3.63, 3.8) is 0 Å². The van der Waals surface area contributed by atoms with Crippen LogP contribution in [0.3, 0.4) is 0 Å². The van der Waals surface area contributed by atoms with Gasteiger partial charge in [-0.05, 0) is 55.2 Å². The van der Waals surface area contributed by atoms with Crippen LogP contribution in [0.5, 0.6) is 11.5 Å². The second kappa shape index (κ2) is 9.11. The second-order valence-electron chi connectivity index (χ2n) is 5.79. The van der Waals surface area contributed by atoms with Crippen LogP contribution in [0, 0.1) is 0 Å². The quantitative estimate of drug-likeness (QED) is 0.489. The number of nitrogens with one attached hydrogen (secondary N) is 1. The van der Waals surface area contributed by atoms with E-state index in [0.717, 1.165) is 29.7 Å². The summed E-state index contributed by atoms with van der Waals surface area (Å²) in [5.74, 6) is 0.980. The Balaban J connectivity index is 1.90. The van der Waals surface area contributed by atoms with Gasteiger partial charge >= 0.3 is 0 Å². The summed E-state index contributed by atoms with van der Waals surface area (Å²) in [6.07, 6.45) is 2.28. The van der Waals surface area contributed by atoms with Gasteiger partial charge in [-0.25, -0.2) is 0 Å². The highest BCUT2D eigenvalue weighted by Gasteiger charge is 2.16. The molecule has 24 heavy (non-hydrogen) atoms. The Hall–Kier alpha value is -2.30. The monoisotopic (exact) mass is 327 g/mol. The number of benzene rings is 2. The molecule has 2 aromatic carbocycles. The van der Waals surface area contributed by atoms with E-state index < -0.39 is 12.3 Å². The van der Waals surface area contributed by atoms with Gasteiger partial charge in [-0.2, -0.15) is 0 Å². The van der Waals surface area contributed by atoms with Crippen molar-refractivity contribution in [1.29, 1.82) is 0 Å². The van der Waals surface area contributed by atoms with Gasteiger partial charge in [0.2, 0.25) is 0 Å². The summed E-state index contributed by atoms with van der Waals surface area (Å²) >= 11 is 0. The fourth-order valence-corrected chi connectivity index (χ4v) is 2.39. The Morgan fingerprint density at radius 2 is 1.92 bits per heavy atom. The predicted octanol–water partition coefficient (Wildman–Crippen LogP) is 3.04. The topological polar surface area (TPSA) is 61.7 Å². The van der Waals surface area contributed by atoms with Crippen molar-refractivity contribution in [3.05, 3.63) is 72.3 Å². The van der Waals surface area contributed by atoms with Crippen molar-refractivity contribution >= 4 is 0 Å². The van der Waals surface area contributed by atoms with E-state index in [1.165, 1.54) is 0 Å². The van der Waals surface area contributed by atoms with Crippen molar-refractivity contribution in [2.45, 2.75) is 32.1 Å². The van der Waals surface area contributed by atoms with Crippen LogP contribution in [-0.2, 0) is 12.8 Å². The highest BCUT2D eigenvalue weighted by atomic mass is 16.5.